The fourth-order valence-corrected chi connectivity index (χ4v) is 5.89. The Kier molecular flexibility index (Phi) is 5.61. The molecule has 1 aromatic heterocycles. The summed E-state index contributed by atoms with van der Waals surface area (Å²) in [5.74, 6) is 0. The SMILES string of the molecule is CC(=S)N(Cc1ccc2c(c1)CC(C)OC(=S)N2)S(=O)(=O)c1cccs1. The topological polar surface area (TPSA) is 58.6 Å². The molecule has 0 spiro atoms. The monoisotopic (exact) mass is 426 g/mol. The first-order chi connectivity index (χ1) is 12.3. The average molecular weight is 427 g/mol. The van der Waals surface area contributed by atoms with Crippen LogP contribution in [0.2, 0.25) is 0 Å². The highest BCUT2D eigenvalue weighted by Gasteiger charge is 2.26. The van der Waals surface area contributed by atoms with Crippen LogP contribution in [0.4, 0.5) is 5.69 Å². The van der Waals surface area contributed by atoms with Crippen molar-refractivity contribution in [2.45, 2.75) is 37.1 Å². The molecule has 1 unspecified atom stereocenters. The van der Waals surface area contributed by atoms with E-state index < -0.39 is 10.0 Å². The van der Waals surface area contributed by atoms with Crippen molar-refractivity contribution in [2.24, 2.45) is 0 Å². The third-order valence-corrected chi connectivity index (χ3v) is 7.68. The largest absolute Gasteiger partial charge is 0.467 e. The number of nitrogens with zero attached hydrogens (tertiary/aromatic N) is 1. The van der Waals surface area contributed by atoms with Gasteiger partial charge in [0.2, 0.25) is 0 Å². The first kappa shape index (κ1) is 19.2. The van der Waals surface area contributed by atoms with Crippen LogP contribution in [0, 0.1) is 0 Å². The number of rotatable bonds is 4. The van der Waals surface area contributed by atoms with Crippen LogP contribution in [0.15, 0.2) is 39.9 Å². The minimum absolute atomic E-state index is 0.0512. The number of thiocarbonyl (C=S) groups is 2. The number of sulfonamides is 1. The average Bonchev–Trinajstić information content (AvgIpc) is 3.04. The fraction of sp³-hybridized carbons (Fsp3) is 0.294. The summed E-state index contributed by atoms with van der Waals surface area (Å²) in [5.41, 5.74) is 2.77. The molecule has 5 nitrogen and oxygen atoms in total. The van der Waals surface area contributed by atoms with Gasteiger partial charge in [-0.25, -0.2) is 8.42 Å². The van der Waals surface area contributed by atoms with Crippen LogP contribution in [-0.2, 0) is 27.7 Å². The molecule has 138 valence electrons. The Labute approximate surface area is 168 Å². The Morgan fingerprint density at radius 3 is 2.85 bits per heavy atom. The number of anilines is 1. The van der Waals surface area contributed by atoms with Gasteiger partial charge in [0, 0.05) is 12.1 Å². The van der Waals surface area contributed by atoms with Gasteiger partial charge in [-0.05, 0) is 54.7 Å². The zero-order valence-electron chi connectivity index (χ0n) is 14.3. The van der Waals surface area contributed by atoms with Gasteiger partial charge in [0.15, 0.2) is 0 Å². The van der Waals surface area contributed by atoms with E-state index in [1.807, 2.05) is 25.1 Å². The van der Waals surface area contributed by atoms with E-state index >= 15 is 0 Å². The standard InChI is InChI=1S/C17H18N2O3S4/c1-11-8-14-9-13(5-6-15(14)18-17(24)22-11)10-19(12(2)23)26(20,21)16-4-3-7-25-16/h3-7,9,11H,8,10H2,1-2H3,(H,18,24). The predicted octanol–water partition coefficient (Wildman–Crippen LogP) is 3.94. The molecule has 0 amide bonds. The summed E-state index contributed by atoms with van der Waals surface area (Å²) in [4.78, 5) is 0.310. The molecule has 2 heterocycles. The van der Waals surface area contributed by atoms with Gasteiger partial charge < -0.3 is 10.1 Å². The van der Waals surface area contributed by atoms with Gasteiger partial charge in [-0.3, -0.25) is 4.31 Å². The van der Waals surface area contributed by atoms with E-state index in [9.17, 15) is 8.42 Å². The number of fused-ring (bicyclic) bond motifs is 1. The zero-order valence-corrected chi connectivity index (χ0v) is 17.5. The maximum atomic E-state index is 12.9. The molecule has 0 bridgehead atoms. The van der Waals surface area contributed by atoms with Gasteiger partial charge in [0.1, 0.15) is 10.3 Å². The summed E-state index contributed by atoms with van der Waals surface area (Å²) in [7, 11) is -3.65. The lowest BCUT2D eigenvalue weighted by Crippen LogP contribution is -2.33. The number of benzene rings is 1. The Hall–Kier alpha value is -1.55. The van der Waals surface area contributed by atoms with E-state index in [-0.39, 0.29) is 16.9 Å². The van der Waals surface area contributed by atoms with E-state index in [0.717, 1.165) is 16.8 Å². The van der Waals surface area contributed by atoms with Gasteiger partial charge in [-0.2, -0.15) is 0 Å². The van der Waals surface area contributed by atoms with E-state index in [1.54, 1.807) is 24.4 Å². The Morgan fingerprint density at radius 2 is 2.19 bits per heavy atom. The fourth-order valence-electron chi connectivity index (χ4n) is 2.76. The first-order valence-corrected chi connectivity index (χ1v) is 11.1. The molecular formula is C17H18N2O3S4. The molecule has 0 aliphatic carbocycles. The second-order valence-corrected chi connectivity index (χ2v) is 10.00. The quantitative estimate of drug-likeness (QED) is 0.747. The summed E-state index contributed by atoms with van der Waals surface area (Å²) in [6.07, 6.45) is 0.634. The Balaban J connectivity index is 1.92. The van der Waals surface area contributed by atoms with Gasteiger partial charge in [-0.15, -0.1) is 11.3 Å². The van der Waals surface area contributed by atoms with Crippen LogP contribution in [0.3, 0.4) is 0 Å². The summed E-state index contributed by atoms with van der Waals surface area (Å²) < 4.78 is 32.9. The number of ether oxygens (including phenoxy) is 1. The van der Waals surface area contributed by atoms with Crippen molar-refractivity contribution in [3.63, 3.8) is 0 Å². The van der Waals surface area contributed by atoms with Crippen molar-refractivity contribution in [1.29, 1.82) is 0 Å². The van der Waals surface area contributed by atoms with Crippen LogP contribution >= 0.6 is 35.8 Å². The van der Waals surface area contributed by atoms with Crippen molar-refractivity contribution < 1.29 is 13.2 Å². The molecule has 3 rings (SSSR count). The van der Waals surface area contributed by atoms with Gasteiger partial charge >= 0.3 is 0 Å². The molecule has 0 radical (unpaired) electrons. The van der Waals surface area contributed by atoms with Gasteiger partial charge in [0.05, 0.1) is 11.5 Å². The zero-order chi connectivity index (χ0) is 18.9. The maximum Gasteiger partial charge on any atom is 0.274 e. The van der Waals surface area contributed by atoms with E-state index in [0.29, 0.717) is 16.6 Å². The molecule has 1 atom stereocenters. The second kappa shape index (κ2) is 7.59. The molecule has 26 heavy (non-hydrogen) atoms. The summed E-state index contributed by atoms with van der Waals surface area (Å²) in [6.45, 7) is 3.76. The molecule has 0 saturated carbocycles. The van der Waals surface area contributed by atoms with Crippen LogP contribution < -0.4 is 5.32 Å². The highest BCUT2D eigenvalue weighted by atomic mass is 32.2. The number of thiophene rings is 1. The van der Waals surface area contributed by atoms with Crippen molar-refractivity contribution in [3.8, 4) is 0 Å². The van der Waals surface area contributed by atoms with Crippen LogP contribution in [0.1, 0.15) is 25.0 Å². The molecule has 9 heteroatoms. The van der Waals surface area contributed by atoms with Crippen molar-refractivity contribution in [1.82, 2.24) is 4.31 Å². The minimum Gasteiger partial charge on any atom is -0.467 e. The molecular weight excluding hydrogens is 408 g/mol. The lowest BCUT2D eigenvalue weighted by Gasteiger charge is -2.23. The minimum atomic E-state index is -3.65. The Morgan fingerprint density at radius 1 is 1.42 bits per heavy atom. The summed E-state index contributed by atoms with van der Waals surface area (Å²) in [5, 5.41) is 5.15. The highest BCUT2D eigenvalue weighted by molar-refractivity contribution is 7.93. The Bertz CT molecular complexity index is 939. The van der Waals surface area contributed by atoms with Gasteiger partial charge in [0.25, 0.3) is 15.2 Å². The molecule has 1 aliphatic heterocycles. The molecule has 1 aliphatic rings. The molecule has 2 aromatic rings. The maximum absolute atomic E-state index is 12.9. The van der Waals surface area contributed by atoms with Crippen molar-refractivity contribution >= 4 is 61.6 Å². The normalized spacial score (nSPS) is 16.8. The predicted molar refractivity (Wildman–Crippen MR) is 112 cm³/mol. The van der Waals surface area contributed by atoms with Crippen LogP contribution in [-0.4, -0.2) is 29.0 Å². The lowest BCUT2D eigenvalue weighted by atomic mass is 10.0. The summed E-state index contributed by atoms with van der Waals surface area (Å²) in [6, 6.07) is 9.05. The first-order valence-electron chi connectivity index (χ1n) is 7.93. The second-order valence-electron chi connectivity index (χ2n) is 6.00. The van der Waals surface area contributed by atoms with Crippen molar-refractivity contribution in [2.75, 3.05) is 5.32 Å². The third kappa shape index (κ3) is 4.06. The number of hydrogen-bond donors (Lipinski definition) is 1. The van der Waals surface area contributed by atoms with Crippen LogP contribution in [0.25, 0.3) is 0 Å². The van der Waals surface area contributed by atoms with E-state index in [1.165, 1.54) is 15.6 Å². The third-order valence-electron chi connectivity index (χ3n) is 3.94. The molecule has 1 N–H and O–H groups in total. The number of nitrogens with one attached hydrogen (secondary N) is 1. The lowest BCUT2D eigenvalue weighted by molar-refractivity contribution is 0.217. The summed E-state index contributed by atoms with van der Waals surface area (Å²) >= 11 is 11.5. The van der Waals surface area contributed by atoms with Crippen LogP contribution in [0.5, 0.6) is 0 Å². The van der Waals surface area contributed by atoms with E-state index in [2.05, 4.69) is 5.32 Å². The molecule has 0 saturated heterocycles. The molecule has 1 aromatic carbocycles. The molecule has 0 fully saturated rings. The van der Waals surface area contributed by atoms with Gasteiger partial charge in [-0.1, -0.05) is 30.4 Å². The highest BCUT2D eigenvalue weighted by Crippen LogP contribution is 2.27. The number of hydrogen-bond acceptors (Lipinski definition) is 6. The van der Waals surface area contributed by atoms with Crippen molar-refractivity contribution in [3.05, 3.63) is 46.8 Å². The smallest absolute Gasteiger partial charge is 0.274 e. The van der Waals surface area contributed by atoms with E-state index in [4.69, 9.17) is 29.2 Å².